The molecule has 108 valence electrons. The number of hydrogen-bond donors (Lipinski definition) is 1. The summed E-state index contributed by atoms with van der Waals surface area (Å²) in [5.74, 6) is 0. The lowest BCUT2D eigenvalue weighted by Crippen LogP contribution is -2.27. The van der Waals surface area contributed by atoms with Crippen molar-refractivity contribution < 1.29 is 8.42 Å². The van der Waals surface area contributed by atoms with Gasteiger partial charge < -0.3 is 10.2 Å². The smallest absolute Gasteiger partial charge is 0.242 e. The topological polar surface area (TPSA) is 52.7 Å². The lowest BCUT2D eigenvalue weighted by Gasteiger charge is -2.17. The Morgan fingerprint density at radius 2 is 1.68 bits per heavy atom. The van der Waals surface area contributed by atoms with Crippen molar-refractivity contribution in [2.45, 2.75) is 11.4 Å². The van der Waals surface area contributed by atoms with Gasteiger partial charge >= 0.3 is 0 Å². The Bertz CT molecular complexity index is 483. The van der Waals surface area contributed by atoms with Crippen LogP contribution in [-0.2, 0) is 16.6 Å². The summed E-state index contributed by atoms with van der Waals surface area (Å²) in [5.41, 5.74) is 1.11. The number of benzene rings is 1. The van der Waals surface area contributed by atoms with Crippen LogP contribution in [0.25, 0.3) is 0 Å². The van der Waals surface area contributed by atoms with Crippen molar-refractivity contribution in [3.05, 3.63) is 29.8 Å². The van der Waals surface area contributed by atoms with E-state index in [0.717, 1.165) is 25.2 Å². The summed E-state index contributed by atoms with van der Waals surface area (Å²) in [5, 5.41) is 3.10. The molecule has 1 N–H and O–H groups in total. The SMILES string of the molecule is CNCCN(C)Cc1ccc(S(=O)(=O)N(C)C)cc1. The van der Waals surface area contributed by atoms with Crippen molar-refractivity contribution in [3.8, 4) is 0 Å². The zero-order valence-corrected chi connectivity index (χ0v) is 12.9. The highest BCUT2D eigenvalue weighted by Gasteiger charge is 2.16. The van der Waals surface area contributed by atoms with Crippen LogP contribution in [0.2, 0.25) is 0 Å². The van der Waals surface area contributed by atoms with Crippen molar-refractivity contribution >= 4 is 10.0 Å². The molecule has 0 spiro atoms. The predicted octanol–water partition coefficient (Wildman–Crippen LogP) is 0.588. The Morgan fingerprint density at radius 1 is 1.11 bits per heavy atom. The molecule has 0 atom stereocenters. The molecule has 1 rings (SSSR count). The van der Waals surface area contributed by atoms with E-state index >= 15 is 0 Å². The van der Waals surface area contributed by atoms with Crippen LogP contribution in [0.1, 0.15) is 5.56 Å². The summed E-state index contributed by atoms with van der Waals surface area (Å²) in [6, 6.07) is 7.06. The molecule has 0 saturated heterocycles. The second-order valence-corrected chi connectivity index (χ2v) is 6.92. The fourth-order valence-corrected chi connectivity index (χ4v) is 2.57. The van der Waals surface area contributed by atoms with Crippen LogP contribution in [0, 0.1) is 0 Å². The van der Waals surface area contributed by atoms with Gasteiger partial charge in [-0.05, 0) is 31.8 Å². The highest BCUT2D eigenvalue weighted by atomic mass is 32.2. The van der Waals surface area contributed by atoms with Gasteiger partial charge in [-0.1, -0.05) is 12.1 Å². The Balaban J connectivity index is 2.72. The minimum Gasteiger partial charge on any atom is -0.318 e. The molecule has 0 aromatic heterocycles. The van der Waals surface area contributed by atoms with E-state index in [9.17, 15) is 8.42 Å². The first-order chi connectivity index (χ1) is 8.87. The fourth-order valence-electron chi connectivity index (χ4n) is 1.67. The summed E-state index contributed by atoms with van der Waals surface area (Å²) >= 11 is 0. The van der Waals surface area contributed by atoms with E-state index in [1.54, 1.807) is 12.1 Å². The Morgan fingerprint density at radius 3 is 2.16 bits per heavy atom. The maximum absolute atomic E-state index is 11.9. The average molecular weight is 285 g/mol. The molecule has 0 unspecified atom stereocenters. The predicted molar refractivity (Wildman–Crippen MR) is 77.6 cm³/mol. The second-order valence-electron chi connectivity index (χ2n) is 4.77. The third-order valence-corrected chi connectivity index (χ3v) is 4.73. The molecule has 0 aliphatic heterocycles. The van der Waals surface area contributed by atoms with E-state index in [0.29, 0.717) is 4.90 Å². The molecule has 0 heterocycles. The van der Waals surface area contributed by atoms with Crippen LogP contribution >= 0.6 is 0 Å². The molecule has 1 aromatic carbocycles. The van der Waals surface area contributed by atoms with Crippen LogP contribution in [0.15, 0.2) is 29.2 Å². The maximum atomic E-state index is 11.9. The summed E-state index contributed by atoms with van der Waals surface area (Å²) in [6.45, 7) is 2.70. The highest BCUT2D eigenvalue weighted by Crippen LogP contribution is 2.14. The first-order valence-electron chi connectivity index (χ1n) is 6.22. The fraction of sp³-hybridized carbons (Fsp3) is 0.538. The molecule has 1 aromatic rings. The quantitative estimate of drug-likeness (QED) is 0.796. The molecule has 0 fully saturated rings. The van der Waals surface area contributed by atoms with E-state index < -0.39 is 10.0 Å². The zero-order valence-electron chi connectivity index (χ0n) is 12.0. The standard InChI is InChI=1S/C13H23N3O2S/c1-14-9-10-16(4)11-12-5-7-13(8-6-12)19(17,18)15(2)3/h5-8,14H,9-11H2,1-4H3. The van der Waals surface area contributed by atoms with Crippen molar-refractivity contribution in [2.24, 2.45) is 0 Å². The van der Waals surface area contributed by atoms with Gasteiger partial charge in [0.1, 0.15) is 0 Å². The van der Waals surface area contributed by atoms with E-state index in [1.807, 2.05) is 26.2 Å². The molecule has 0 aliphatic rings. The number of rotatable bonds is 7. The van der Waals surface area contributed by atoms with Crippen LogP contribution in [0.5, 0.6) is 0 Å². The van der Waals surface area contributed by atoms with Crippen molar-refractivity contribution in [1.82, 2.24) is 14.5 Å². The van der Waals surface area contributed by atoms with Crippen LogP contribution in [0.4, 0.5) is 0 Å². The zero-order chi connectivity index (χ0) is 14.5. The van der Waals surface area contributed by atoms with Gasteiger partial charge in [-0.3, -0.25) is 0 Å². The summed E-state index contributed by atoms with van der Waals surface area (Å²) in [4.78, 5) is 2.52. The molecular weight excluding hydrogens is 262 g/mol. The Kier molecular flexibility index (Phi) is 5.93. The van der Waals surface area contributed by atoms with Gasteiger partial charge in [0.2, 0.25) is 10.0 Å². The number of nitrogens with one attached hydrogen (secondary N) is 1. The lowest BCUT2D eigenvalue weighted by molar-refractivity contribution is 0.328. The third-order valence-electron chi connectivity index (χ3n) is 2.90. The molecule has 0 radical (unpaired) electrons. The van der Waals surface area contributed by atoms with Crippen molar-refractivity contribution in [1.29, 1.82) is 0 Å². The maximum Gasteiger partial charge on any atom is 0.242 e. The van der Waals surface area contributed by atoms with Crippen LogP contribution < -0.4 is 5.32 Å². The molecule has 6 heteroatoms. The lowest BCUT2D eigenvalue weighted by atomic mass is 10.2. The normalized spacial score (nSPS) is 12.3. The van der Waals surface area contributed by atoms with E-state index in [4.69, 9.17) is 0 Å². The van der Waals surface area contributed by atoms with Gasteiger partial charge in [-0.2, -0.15) is 0 Å². The van der Waals surface area contributed by atoms with Gasteiger partial charge in [0.25, 0.3) is 0 Å². The molecule has 0 bridgehead atoms. The third kappa shape index (κ3) is 4.58. The first-order valence-corrected chi connectivity index (χ1v) is 7.66. The molecule has 0 aliphatic carbocycles. The number of likely N-dealkylation sites (N-methyl/N-ethyl adjacent to an activating group) is 2. The highest BCUT2D eigenvalue weighted by molar-refractivity contribution is 7.89. The van der Waals surface area contributed by atoms with Crippen molar-refractivity contribution in [2.75, 3.05) is 41.3 Å². The monoisotopic (exact) mass is 285 g/mol. The number of sulfonamides is 1. The van der Waals surface area contributed by atoms with Crippen molar-refractivity contribution in [3.63, 3.8) is 0 Å². The number of hydrogen-bond acceptors (Lipinski definition) is 4. The van der Waals surface area contributed by atoms with Crippen LogP contribution in [0.3, 0.4) is 0 Å². The van der Waals surface area contributed by atoms with Gasteiger partial charge in [-0.15, -0.1) is 0 Å². The Labute approximate surface area is 116 Å². The molecule has 5 nitrogen and oxygen atoms in total. The minimum absolute atomic E-state index is 0.333. The largest absolute Gasteiger partial charge is 0.318 e. The van der Waals surface area contributed by atoms with Gasteiger partial charge in [0.15, 0.2) is 0 Å². The van der Waals surface area contributed by atoms with Gasteiger partial charge in [0.05, 0.1) is 4.90 Å². The van der Waals surface area contributed by atoms with E-state index in [1.165, 1.54) is 18.4 Å². The molecule has 0 amide bonds. The number of nitrogens with zero attached hydrogens (tertiary/aromatic N) is 2. The second kappa shape index (κ2) is 7.00. The minimum atomic E-state index is -3.33. The molecule has 0 saturated carbocycles. The van der Waals surface area contributed by atoms with E-state index in [-0.39, 0.29) is 0 Å². The molecular formula is C13H23N3O2S. The summed E-state index contributed by atoms with van der Waals surface area (Å²) in [7, 11) is 3.72. The Hall–Kier alpha value is -0.950. The van der Waals surface area contributed by atoms with Gasteiger partial charge in [0, 0.05) is 33.7 Å². The average Bonchev–Trinajstić information content (AvgIpc) is 2.36. The first kappa shape index (κ1) is 16.1. The summed E-state index contributed by atoms with van der Waals surface area (Å²) in [6.07, 6.45) is 0. The van der Waals surface area contributed by atoms with E-state index in [2.05, 4.69) is 10.2 Å². The van der Waals surface area contributed by atoms with Gasteiger partial charge in [-0.25, -0.2) is 12.7 Å². The molecule has 19 heavy (non-hydrogen) atoms. The van der Waals surface area contributed by atoms with Crippen LogP contribution in [-0.4, -0.2) is 58.9 Å². The summed E-state index contributed by atoms with van der Waals surface area (Å²) < 4.78 is 25.1.